The normalized spacial score (nSPS) is 15.7. The highest BCUT2D eigenvalue weighted by Crippen LogP contribution is 2.22. The molecule has 4 rings (SSSR count). The van der Waals surface area contributed by atoms with Crippen LogP contribution in [0.3, 0.4) is 0 Å². The van der Waals surface area contributed by atoms with Crippen LogP contribution in [0.1, 0.15) is 25.3 Å². The molecular formula is C25H29N3O7S. The van der Waals surface area contributed by atoms with Crippen LogP contribution in [0, 0.1) is 5.92 Å². The molecule has 2 aromatic carbocycles. The van der Waals surface area contributed by atoms with Gasteiger partial charge in [-0.2, -0.15) is 4.72 Å². The molecule has 1 amide bonds. The van der Waals surface area contributed by atoms with Crippen molar-refractivity contribution < 1.29 is 27.2 Å². The van der Waals surface area contributed by atoms with E-state index in [9.17, 15) is 22.8 Å². The first-order valence-corrected chi connectivity index (χ1v) is 13.3. The average molecular weight is 516 g/mol. The number of carbonyl (C=O) groups excluding carboxylic acids is 2. The summed E-state index contributed by atoms with van der Waals surface area (Å²) in [4.78, 5) is 38.8. The van der Waals surface area contributed by atoms with Gasteiger partial charge in [0.15, 0.2) is 5.58 Å². The second kappa shape index (κ2) is 10.7. The highest BCUT2D eigenvalue weighted by Gasteiger charge is 2.34. The Balaban J connectivity index is 1.56. The van der Waals surface area contributed by atoms with E-state index in [-0.39, 0.29) is 34.7 Å². The second-order valence-electron chi connectivity index (χ2n) is 8.77. The Hall–Kier alpha value is -3.44. The van der Waals surface area contributed by atoms with Gasteiger partial charge >= 0.3 is 11.7 Å². The molecule has 36 heavy (non-hydrogen) atoms. The lowest BCUT2D eigenvalue weighted by atomic mass is 9.96. The number of hydrogen-bond donors (Lipinski definition) is 1. The lowest BCUT2D eigenvalue weighted by molar-refractivity contribution is -0.151. The first kappa shape index (κ1) is 25.6. The van der Waals surface area contributed by atoms with Crippen molar-refractivity contribution in [2.24, 2.45) is 13.0 Å². The largest absolute Gasteiger partial charge is 0.466 e. The molecule has 1 N–H and O–H groups in total. The summed E-state index contributed by atoms with van der Waals surface area (Å²) in [7, 11) is -2.60. The van der Waals surface area contributed by atoms with E-state index in [2.05, 4.69) is 4.72 Å². The molecule has 1 aliphatic heterocycles. The molecule has 3 aromatic rings. The van der Waals surface area contributed by atoms with E-state index in [1.807, 2.05) is 30.3 Å². The predicted octanol–water partition coefficient (Wildman–Crippen LogP) is 1.82. The minimum Gasteiger partial charge on any atom is -0.466 e. The Morgan fingerprint density at radius 1 is 1.14 bits per heavy atom. The van der Waals surface area contributed by atoms with E-state index in [0.29, 0.717) is 38.1 Å². The summed E-state index contributed by atoms with van der Waals surface area (Å²) in [6.07, 6.45) is 1.07. The molecule has 1 saturated heterocycles. The van der Waals surface area contributed by atoms with E-state index in [1.54, 1.807) is 11.8 Å². The fraction of sp³-hybridized carbons (Fsp3) is 0.400. The molecule has 0 bridgehead atoms. The SMILES string of the molecule is CCOC(=O)C1CCN(C(=O)[C@@H](Cc2ccccc2)NS(=O)(=O)c2ccc3c(c2)oc(=O)n3C)CC1. The number of likely N-dealkylation sites (tertiary alicyclic amines) is 1. The molecular weight excluding hydrogens is 486 g/mol. The molecule has 11 heteroatoms. The van der Waals surface area contributed by atoms with Crippen LogP contribution in [0.4, 0.5) is 0 Å². The zero-order valence-electron chi connectivity index (χ0n) is 20.2. The summed E-state index contributed by atoms with van der Waals surface area (Å²) in [6.45, 7) is 2.71. The molecule has 10 nitrogen and oxygen atoms in total. The van der Waals surface area contributed by atoms with Gasteiger partial charge in [0, 0.05) is 26.2 Å². The van der Waals surface area contributed by atoms with Gasteiger partial charge in [-0.3, -0.25) is 14.2 Å². The van der Waals surface area contributed by atoms with Crippen LogP contribution in [-0.2, 0) is 37.8 Å². The topological polar surface area (TPSA) is 128 Å². The zero-order valence-corrected chi connectivity index (χ0v) is 21.0. The molecule has 1 atom stereocenters. The van der Waals surface area contributed by atoms with E-state index >= 15 is 0 Å². The number of oxazole rings is 1. The number of piperidine rings is 1. The van der Waals surface area contributed by atoms with Crippen molar-refractivity contribution in [1.82, 2.24) is 14.2 Å². The van der Waals surface area contributed by atoms with Crippen molar-refractivity contribution in [3.05, 3.63) is 64.6 Å². The van der Waals surface area contributed by atoms with E-state index < -0.39 is 21.8 Å². The second-order valence-corrected chi connectivity index (χ2v) is 10.5. The highest BCUT2D eigenvalue weighted by molar-refractivity contribution is 7.89. The fourth-order valence-electron chi connectivity index (χ4n) is 4.38. The van der Waals surface area contributed by atoms with Gasteiger partial charge in [0.05, 0.1) is 22.9 Å². The van der Waals surface area contributed by atoms with Gasteiger partial charge < -0.3 is 14.1 Å². The van der Waals surface area contributed by atoms with Crippen LogP contribution in [0.15, 0.2) is 62.6 Å². The predicted molar refractivity (Wildman–Crippen MR) is 132 cm³/mol. The lowest BCUT2D eigenvalue weighted by Gasteiger charge is -2.33. The molecule has 1 aromatic heterocycles. The number of carbonyl (C=O) groups is 2. The molecule has 2 heterocycles. The number of ether oxygens (including phenoxy) is 1. The maximum atomic E-state index is 13.5. The number of aromatic nitrogens is 1. The number of nitrogens with one attached hydrogen (secondary N) is 1. The standard InChI is InChI=1S/C25H29N3O7S/c1-3-34-24(30)18-11-13-28(14-12-18)23(29)20(15-17-7-5-4-6-8-17)26-36(32,33)19-9-10-21-22(16-19)35-25(31)27(21)2/h4-10,16,18,20,26H,3,11-15H2,1-2H3/t20-/m1/s1. The Bertz CT molecular complexity index is 1400. The Morgan fingerprint density at radius 3 is 2.50 bits per heavy atom. The van der Waals surface area contributed by atoms with Crippen LogP contribution in [0.2, 0.25) is 0 Å². The number of sulfonamides is 1. The molecule has 0 unspecified atom stereocenters. The minimum absolute atomic E-state index is 0.115. The summed E-state index contributed by atoms with van der Waals surface area (Å²) in [6, 6.07) is 12.2. The van der Waals surface area contributed by atoms with Gasteiger partial charge in [0.25, 0.3) is 0 Å². The number of esters is 1. The van der Waals surface area contributed by atoms with E-state index in [1.165, 1.54) is 29.8 Å². The number of amides is 1. The highest BCUT2D eigenvalue weighted by atomic mass is 32.2. The van der Waals surface area contributed by atoms with Crippen LogP contribution >= 0.6 is 0 Å². The molecule has 192 valence electrons. The number of aryl methyl sites for hydroxylation is 1. The Kier molecular flexibility index (Phi) is 7.60. The summed E-state index contributed by atoms with van der Waals surface area (Å²) in [5, 5.41) is 0. The lowest BCUT2D eigenvalue weighted by Crippen LogP contribution is -2.52. The summed E-state index contributed by atoms with van der Waals surface area (Å²) in [5.74, 6) is -1.51. The zero-order chi connectivity index (χ0) is 25.9. The van der Waals surface area contributed by atoms with Crippen molar-refractivity contribution in [1.29, 1.82) is 0 Å². The first-order chi connectivity index (χ1) is 17.2. The monoisotopic (exact) mass is 515 g/mol. The van der Waals surface area contributed by atoms with Gasteiger partial charge in [0.2, 0.25) is 15.9 Å². The van der Waals surface area contributed by atoms with E-state index in [0.717, 1.165) is 5.56 Å². The Morgan fingerprint density at radius 2 is 1.83 bits per heavy atom. The number of hydrogen-bond acceptors (Lipinski definition) is 7. The number of fused-ring (bicyclic) bond motifs is 1. The van der Waals surface area contributed by atoms with Crippen LogP contribution in [0.5, 0.6) is 0 Å². The third kappa shape index (κ3) is 5.52. The minimum atomic E-state index is -4.13. The van der Waals surface area contributed by atoms with Crippen LogP contribution in [-0.4, -0.2) is 55.5 Å². The van der Waals surface area contributed by atoms with E-state index in [4.69, 9.17) is 9.15 Å². The average Bonchev–Trinajstić information content (AvgIpc) is 3.16. The van der Waals surface area contributed by atoms with Gasteiger partial charge in [0.1, 0.15) is 6.04 Å². The fourth-order valence-corrected chi connectivity index (χ4v) is 5.59. The smallest absolute Gasteiger partial charge is 0.419 e. The van der Waals surface area contributed by atoms with Crippen molar-refractivity contribution >= 4 is 33.0 Å². The number of rotatable bonds is 8. The molecule has 0 aliphatic carbocycles. The molecule has 1 aliphatic rings. The third-order valence-electron chi connectivity index (χ3n) is 6.38. The third-order valence-corrected chi connectivity index (χ3v) is 7.85. The number of nitrogens with zero attached hydrogens (tertiary/aromatic N) is 2. The van der Waals surface area contributed by atoms with Crippen LogP contribution in [0.25, 0.3) is 11.1 Å². The Labute approximate surface area is 208 Å². The number of benzene rings is 2. The van der Waals surface area contributed by atoms with Gasteiger partial charge in [-0.25, -0.2) is 13.2 Å². The summed E-state index contributed by atoms with van der Waals surface area (Å²) >= 11 is 0. The van der Waals surface area contributed by atoms with Crippen molar-refractivity contribution in [3.63, 3.8) is 0 Å². The molecule has 0 saturated carbocycles. The molecule has 1 fully saturated rings. The van der Waals surface area contributed by atoms with Gasteiger partial charge in [-0.15, -0.1) is 0 Å². The van der Waals surface area contributed by atoms with Crippen molar-refractivity contribution in [2.45, 2.75) is 37.1 Å². The molecule has 0 radical (unpaired) electrons. The maximum absolute atomic E-state index is 13.5. The van der Waals surface area contributed by atoms with Crippen molar-refractivity contribution in [3.8, 4) is 0 Å². The maximum Gasteiger partial charge on any atom is 0.419 e. The summed E-state index contributed by atoms with van der Waals surface area (Å²) < 4.78 is 40.7. The first-order valence-electron chi connectivity index (χ1n) is 11.8. The van der Waals surface area contributed by atoms with Gasteiger partial charge in [-0.1, -0.05) is 30.3 Å². The van der Waals surface area contributed by atoms with Crippen molar-refractivity contribution in [2.75, 3.05) is 19.7 Å². The molecule has 0 spiro atoms. The quantitative estimate of drug-likeness (QED) is 0.453. The summed E-state index contributed by atoms with van der Waals surface area (Å²) in [5.41, 5.74) is 1.39. The van der Waals surface area contributed by atoms with Gasteiger partial charge in [-0.05, 0) is 43.9 Å². The van der Waals surface area contributed by atoms with Crippen LogP contribution < -0.4 is 10.5 Å².